The Labute approximate surface area is 191 Å². The van der Waals surface area contributed by atoms with Gasteiger partial charge in [0.1, 0.15) is 22.8 Å². The van der Waals surface area contributed by atoms with Crippen molar-refractivity contribution in [1.82, 2.24) is 20.5 Å². The summed E-state index contributed by atoms with van der Waals surface area (Å²) in [4.78, 5) is 16.5. The number of aromatic nitrogens is 3. The number of amides is 1. The third kappa shape index (κ3) is 4.16. The zero-order chi connectivity index (χ0) is 23.0. The number of nitrogens with one attached hydrogen (secondary N) is 1. The van der Waals surface area contributed by atoms with Crippen LogP contribution in [0.25, 0.3) is 21.3 Å². The summed E-state index contributed by atoms with van der Waals surface area (Å²) in [7, 11) is 0. The Morgan fingerprint density at radius 3 is 2.61 bits per heavy atom. The van der Waals surface area contributed by atoms with Gasteiger partial charge >= 0.3 is 0 Å². The average Bonchev–Trinajstić information content (AvgIpc) is 3.24. The van der Waals surface area contributed by atoms with E-state index in [0.717, 1.165) is 0 Å². The van der Waals surface area contributed by atoms with Crippen LogP contribution >= 0.6 is 11.3 Å². The van der Waals surface area contributed by atoms with Crippen molar-refractivity contribution in [2.75, 3.05) is 0 Å². The maximum Gasteiger partial charge on any atom is 0.230 e. The summed E-state index contributed by atoms with van der Waals surface area (Å²) in [5.41, 5.74) is 1.39. The molecule has 33 heavy (non-hydrogen) atoms. The van der Waals surface area contributed by atoms with Crippen LogP contribution in [0.4, 0.5) is 4.39 Å². The monoisotopic (exact) mass is 458 g/mol. The first-order valence-corrected chi connectivity index (χ1v) is 10.9. The van der Waals surface area contributed by atoms with Crippen LogP contribution in [0.3, 0.4) is 0 Å². The molecule has 4 aromatic rings. The first-order chi connectivity index (χ1) is 16.0. The molecule has 0 spiro atoms. The summed E-state index contributed by atoms with van der Waals surface area (Å²) < 4.78 is 21.2. The van der Waals surface area contributed by atoms with Crippen molar-refractivity contribution in [3.05, 3.63) is 64.6 Å². The van der Waals surface area contributed by atoms with Gasteiger partial charge in [-0.3, -0.25) is 4.79 Å². The molecule has 0 atom stereocenters. The van der Waals surface area contributed by atoms with Crippen molar-refractivity contribution in [1.29, 1.82) is 10.5 Å². The molecule has 0 unspecified atom stereocenters. The van der Waals surface area contributed by atoms with Crippen molar-refractivity contribution < 1.29 is 13.6 Å². The fourth-order valence-electron chi connectivity index (χ4n) is 3.43. The highest BCUT2D eigenvalue weighted by Gasteiger charge is 2.44. The minimum atomic E-state index is -0.748. The number of carbonyl (C=O) groups excluding carboxylic acids is 1. The van der Waals surface area contributed by atoms with E-state index >= 15 is 4.39 Å². The van der Waals surface area contributed by atoms with Crippen molar-refractivity contribution in [2.24, 2.45) is 0 Å². The van der Waals surface area contributed by atoms with E-state index in [1.807, 2.05) is 6.07 Å². The zero-order valence-corrected chi connectivity index (χ0v) is 17.9. The second-order valence-corrected chi connectivity index (χ2v) is 8.84. The molecule has 1 aliphatic carbocycles. The molecule has 1 fully saturated rings. The number of rotatable bonds is 6. The second-order valence-electron chi connectivity index (χ2n) is 7.76. The number of fused-ring (bicyclic) bond motifs is 1. The summed E-state index contributed by atoms with van der Waals surface area (Å²) in [5, 5.41) is 29.1. The van der Waals surface area contributed by atoms with E-state index < -0.39 is 5.54 Å². The van der Waals surface area contributed by atoms with E-state index in [1.165, 1.54) is 11.3 Å². The Morgan fingerprint density at radius 2 is 1.91 bits per heavy atom. The number of halogens is 1. The highest BCUT2D eigenvalue weighted by atomic mass is 32.1. The fraction of sp³-hybridized carbons (Fsp3) is 0.217. The summed E-state index contributed by atoms with van der Waals surface area (Å²) in [6.45, 7) is 0. The van der Waals surface area contributed by atoms with Crippen LogP contribution in [0.1, 0.15) is 35.2 Å². The van der Waals surface area contributed by atoms with E-state index in [9.17, 15) is 4.79 Å². The molecule has 0 bridgehead atoms. The minimum Gasteiger partial charge on any atom is -0.424 e. The molecule has 0 radical (unpaired) electrons. The quantitative estimate of drug-likeness (QED) is 0.467. The molecule has 1 N–H and O–H groups in total. The molecule has 10 heteroatoms. The van der Waals surface area contributed by atoms with E-state index in [0.29, 0.717) is 44.8 Å². The SMILES string of the molecule is N#Cc1ccc(-c2ccc3nc(Cc4nnc(CC(=O)NC5(C#N)CC5)o4)sc3c2F)cc1. The predicted octanol–water partition coefficient (Wildman–Crippen LogP) is 3.66. The highest BCUT2D eigenvalue weighted by molar-refractivity contribution is 7.18. The van der Waals surface area contributed by atoms with E-state index in [2.05, 4.69) is 26.6 Å². The first kappa shape index (κ1) is 20.7. The van der Waals surface area contributed by atoms with Gasteiger partial charge in [0.05, 0.1) is 34.3 Å². The number of nitrogens with zero attached hydrogens (tertiary/aromatic N) is 5. The van der Waals surface area contributed by atoms with Crippen LogP contribution in [0.5, 0.6) is 0 Å². The molecule has 2 aromatic heterocycles. The number of thiazole rings is 1. The Morgan fingerprint density at radius 1 is 1.15 bits per heavy atom. The zero-order valence-electron chi connectivity index (χ0n) is 17.1. The molecule has 2 heterocycles. The standard InChI is InChI=1S/C23H15FN6O2S/c24-21-15(14-3-1-13(11-25)2-4-14)5-6-16-22(21)33-20(27-16)10-19-30-29-18(32-19)9-17(31)28-23(12-26)7-8-23/h1-6H,7-10H2,(H,28,31). The van der Waals surface area contributed by atoms with Gasteiger partial charge in [0.25, 0.3) is 0 Å². The molecule has 162 valence electrons. The molecular weight excluding hydrogens is 443 g/mol. The Bertz CT molecular complexity index is 1460. The maximum atomic E-state index is 15.2. The maximum absolute atomic E-state index is 15.2. The van der Waals surface area contributed by atoms with Crippen molar-refractivity contribution >= 4 is 27.5 Å². The highest BCUT2D eigenvalue weighted by Crippen LogP contribution is 2.35. The van der Waals surface area contributed by atoms with Crippen molar-refractivity contribution in [3.8, 4) is 23.3 Å². The molecule has 5 rings (SSSR count). The average molecular weight is 458 g/mol. The van der Waals surface area contributed by atoms with Gasteiger partial charge in [0.2, 0.25) is 17.7 Å². The number of hydrogen-bond donors (Lipinski definition) is 1. The normalized spacial score (nSPS) is 13.9. The van der Waals surface area contributed by atoms with Crippen LogP contribution in [-0.2, 0) is 17.6 Å². The molecule has 0 saturated heterocycles. The van der Waals surface area contributed by atoms with Crippen LogP contribution in [0, 0.1) is 28.5 Å². The van der Waals surface area contributed by atoms with Crippen LogP contribution in [0.2, 0.25) is 0 Å². The fourth-order valence-corrected chi connectivity index (χ4v) is 4.42. The largest absolute Gasteiger partial charge is 0.424 e. The van der Waals surface area contributed by atoms with Crippen LogP contribution in [0.15, 0.2) is 40.8 Å². The third-order valence-corrected chi connectivity index (χ3v) is 6.40. The number of nitriles is 2. The number of benzene rings is 2. The summed E-state index contributed by atoms with van der Waals surface area (Å²) >= 11 is 1.20. The molecule has 0 aliphatic heterocycles. The molecule has 1 amide bonds. The van der Waals surface area contributed by atoms with Crippen molar-refractivity contribution in [2.45, 2.75) is 31.2 Å². The second kappa shape index (κ2) is 8.08. The molecular formula is C23H15FN6O2S. The summed E-state index contributed by atoms with van der Waals surface area (Å²) in [6.07, 6.45) is 1.39. The Balaban J connectivity index is 1.32. The lowest BCUT2D eigenvalue weighted by atomic mass is 10.0. The molecule has 8 nitrogen and oxygen atoms in total. The van der Waals surface area contributed by atoms with Gasteiger partial charge in [-0.15, -0.1) is 21.5 Å². The summed E-state index contributed by atoms with van der Waals surface area (Å²) in [6, 6.07) is 14.3. The van der Waals surface area contributed by atoms with Gasteiger partial charge in [-0.1, -0.05) is 12.1 Å². The predicted molar refractivity (Wildman–Crippen MR) is 116 cm³/mol. The minimum absolute atomic E-state index is 0.112. The van der Waals surface area contributed by atoms with Crippen molar-refractivity contribution in [3.63, 3.8) is 0 Å². The van der Waals surface area contributed by atoms with Crippen LogP contribution < -0.4 is 5.32 Å². The molecule has 1 aliphatic rings. The smallest absolute Gasteiger partial charge is 0.230 e. The lowest BCUT2D eigenvalue weighted by Crippen LogP contribution is -2.36. The molecule has 1 saturated carbocycles. The van der Waals surface area contributed by atoms with E-state index in [4.69, 9.17) is 14.9 Å². The lowest BCUT2D eigenvalue weighted by Gasteiger charge is -2.06. The van der Waals surface area contributed by atoms with Gasteiger partial charge in [-0.25, -0.2) is 9.37 Å². The number of carbonyl (C=O) groups is 1. The first-order valence-electron chi connectivity index (χ1n) is 10.1. The number of hydrogen-bond acceptors (Lipinski definition) is 8. The van der Waals surface area contributed by atoms with Gasteiger partial charge in [-0.05, 0) is 42.7 Å². The van der Waals surface area contributed by atoms with Crippen LogP contribution in [-0.4, -0.2) is 26.6 Å². The topological polar surface area (TPSA) is 128 Å². The Kier molecular flexibility index (Phi) is 5.08. The van der Waals surface area contributed by atoms with Gasteiger partial charge in [-0.2, -0.15) is 10.5 Å². The summed E-state index contributed by atoms with van der Waals surface area (Å²) in [5.74, 6) is -0.311. The van der Waals surface area contributed by atoms with E-state index in [-0.39, 0.29) is 36.3 Å². The molecule has 2 aromatic carbocycles. The van der Waals surface area contributed by atoms with Gasteiger partial charge < -0.3 is 9.73 Å². The third-order valence-electron chi connectivity index (χ3n) is 5.33. The lowest BCUT2D eigenvalue weighted by molar-refractivity contribution is -0.121. The van der Waals surface area contributed by atoms with Gasteiger partial charge in [0, 0.05) is 5.56 Å². The van der Waals surface area contributed by atoms with Gasteiger partial charge in [0.15, 0.2) is 0 Å². The van der Waals surface area contributed by atoms with E-state index in [1.54, 1.807) is 36.4 Å². The Hall–Kier alpha value is -4.15.